The largest absolute Gasteiger partial charge is 0.496 e. The highest BCUT2D eigenvalue weighted by Crippen LogP contribution is 2.40. The summed E-state index contributed by atoms with van der Waals surface area (Å²) in [6.07, 6.45) is -5.64. The van der Waals surface area contributed by atoms with Crippen molar-refractivity contribution < 1.29 is 29.9 Å². The molecule has 156 valence electrons. The molecule has 29 heavy (non-hydrogen) atoms. The van der Waals surface area contributed by atoms with Crippen LogP contribution in [0.5, 0.6) is 5.75 Å². The Kier molecular flexibility index (Phi) is 6.15. The first kappa shape index (κ1) is 21.0. The van der Waals surface area contributed by atoms with Crippen molar-refractivity contribution in [3.8, 4) is 5.75 Å². The van der Waals surface area contributed by atoms with Crippen LogP contribution in [0.1, 0.15) is 22.1 Å². The fourth-order valence-electron chi connectivity index (χ4n) is 3.60. The number of benzene rings is 1. The zero-order valence-electron chi connectivity index (χ0n) is 15.5. The smallest absolute Gasteiger partial charge is 0.126 e. The van der Waals surface area contributed by atoms with E-state index in [0.29, 0.717) is 22.8 Å². The van der Waals surface area contributed by atoms with E-state index in [1.54, 1.807) is 34.8 Å². The minimum absolute atomic E-state index is 0.398. The van der Waals surface area contributed by atoms with Crippen molar-refractivity contribution in [2.45, 2.75) is 36.9 Å². The molecule has 1 aliphatic heterocycles. The Balaban J connectivity index is 1.70. The van der Waals surface area contributed by atoms with Crippen LogP contribution in [0.2, 0.25) is 5.02 Å². The quantitative estimate of drug-likeness (QED) is 0.471. The van der Waals surface area contributed by atoms with Gasteiger partial charge in [-0.25, -0.2) is 0 Å². The molecule has 3 aromatic rings. The number of hydrogen-bond donors (Lipinski definition) is 4. The summed E-state index contributed by atoms with van der Waals surface area (Å²) in [5.74, 6) is 0.398. The molecule has 0 spiro atoms. The lowest BCUT2D eigenvalue weighted by atomic mass is 9.90. The molecule has 4 rings (SSSR count). The topological polar surface area (TPSA) is 99.4 Å². The Morgan fingerprint density at radius 1 is 1.10 bits per heavy atom. The molecule has 0 unspecified atom stereocenters. The zero-order valence-corrected chi connectivity index (χ0v) is 17.9. The number of ether oxygens (including phenoxy) is 2. The van der Waals surface area contributed by atoms with Gasteiger partial charge < -0.3 is 29.9 Å². The number of rotatable bonds is 5. The van der Waals surface area contributed by atoms with Crippen molar-refractivity contribution in [3.63, 3.8) is 0 Å². The Hall–Kier alpha value is -1.23. The van der Waals surface area contributed by atoms with E-state index < -0.39 is 37.1 Å². The van der Waals surface area contributed by atoms with Crippen molar-refractivity contribution in [1.82, 2.24) is 0 Å². The number of methoxy groups -OCH3 is 1. The first-order valence-corrected chi connectivity index (χ1v) is 11.1. The fraction of sp³-hybridized carbons (Fsp3) is 0.400. The molecule has 0 aliphatic carbocycles. The van der Waals surface area contributed by atoms with Gasteiger partial charge in [-0.1, -0.05) is 11.6 Å². The van der Waals surface area contributed by atoms with Crippen LogP contribution in [0.25, 0.3) is 9.40 Å². The molecule has 0 bridgehead atoms. The van der Waals surface area contributed by atoms with Gasteiger partial charge in [-0.05, 0) is 35.2 Å². The number of aliphatic hydroxyl groups excluding tert-OH is 4. The van der Waals surface area contributed by atoms with E-state index in [1.165, 1.54) is 16.5 Å². The first-order valence-electron chi connectivity index (χ1n) is 9.05. The second kappa shape index (κ2) is 8.49. The van der Waals surface area contributed by atoms with Crippen LogP contribution in [0.15, 0.2) is 29.6 Å². The molecule has 6 nitrogen and oxygen atoms in total. The molecular formula is C20H21ClO6S2. The van der Waals surface area contributed by atoms with Gasteiger partial charge in [-0.15, -0.1) is 22.7 Å². The van der Waals surface area contributed by atoms with Crippen LogP contribution >= 0.6 is 34.3 Å². The van der Waals surface area contributed by atoms with Gasteiger partial charge in [-0.3, -0.25) is 0 Å². The van der Waals surface area contributed by atoms with Gasteiger partial charge in [0.1, 0.15) is 36.3 Å². The minimum Gasteiger partial charge on any atom is -0.496 e. The van der Waals surface area contributed by atoms with Gasteiger partial charge >= 0.3 is 0 Å². The lowest BCUT2D eigenvalue weighted by molar-refractivity contribution is -0.232. The monoisotopic (exact) mass is 456 g/mol. The van der Waals surface area contributed by atoms with Crippen LogP contribution in [0.4, 0.5) is 0 Å². The highest BCUT2D eigenvalue weighted by molar-refractivity contribution is 7.26. The van der Waals surface area contributed by atoms with Gasteiger partial charge in [0, 0.05) is 31.3 Å². The molecule has 0 amide bonds. The van der Waals surface area contributed by atoms with Crippen LogP contribution < -0.4 is 4.74 Å². The van der Waals surface area contributed by atoms with Gasteiger partial charge in [0.2, 0.25) is 0 Å². The van der Waals surface area contributed by atoms with Gasteiger partial charge in [0.25, 0.3) is 0 Å². The van der Waals surface area contributed by atoms with Crippen molar-refractivity contribution in [2.24, 2.45) is 0 Å². The van der Waals surface area contributed by atoms with E-state index in [4.69, 9.17) is 21.1 Å². The van der Waals surface area contributed by atoms with Crippen molar-refractivity contribution in [1.29, 1.82) is 0 Å². The number of aliphatic hydroxyl groups is 4. The number of thiophene rings is 2. The van der Waals surface area contributed by atoms with Crippen molar-refractivity contribution >= 4 is 43.7 Å². The molecule has 9 heteroatoms. The Morgan fingerprint density at radius 3 is 2.59 bits per heavy atom. The van der Waals surface area contributed by atoms with Crippen LogP contribution in [-0.4, -0.2) is 58.6 Å². The molecule has 1 aliphatic rings. The van der Waals surface area contributed by atoms with E-state index in [9.17, 15) is 20.4 Å². The summed E-state index contributed by atoms with van der Waals surface area (Å²) in [6, 6.07) is 7.67. The van der Waals surface area contributed by atoms with Crippen molar-refractivity contribution in [3.05, 3.63) is 50.7 Å². The highest BCUT2D eigenvalue weighted by Gasteiger charge is 2.45. The lowest BCUT2D eigenvalue weighted by Gasteiger charge is -2.40. The third-order valence-corrected chi connectivity index (χ3v) is 7.60. The summed E-state index contributed by atoms with van der Waals surface area (Å²) in [4.78, 5) is 1.15. The summed E-state index contributed by atoms with van der Waals surface area (Å²) >= 11 is 9.87. The summed E-state index contributed by atoms with van der Waals surface area (Å²) in [6.45, 7) is -0.490. The molecule has 5 atom stereocenters. The fourth-order valence-corrected chi connectivity index (χ4v) is 5.98. The minimum atomic E-state index is -1.46. The van der Waals surface area contributed by atoms with Gasteiger partial charge in [0.05, 0.1) is 13.7 Å². The number of hydrogen-bond acceptors (Lipinski definition) is 8. The standard InChI is InChI=1S/C20H21ClO6S2/c1-26-13-7-12(21)9(4-10-6-16-15(29-10)2-3-28-16)5-11(13)20-19(25)18(24)17(23)14(8-22)27-20/h2-3,5-7,14,17-20,22-25H,4,8H2,1H3/t14-,17-,18+,19-,20+/m1/s1. The van der Waals surface area contributed by atoms with E-state index in [2.05, 4.69) is 17.5 Å². The van der Waals surface area contributed by atoms with Crippen LogP contribution in [0.3, 0.4) is 0 Å². The maximum absolute atomic E-state index is 10.5. The highest BCUT2D eigenvalue weighted by atomic mass is 35.5. The summed E-state index contributed by atoms with van der Waals surface area (Å²) in [7, 11) is 1.48. The van der Waals surface area contributed by atoms with Crippen LogP contribution in [0, 0.1) is 0 Å². The average Bonchev–Trinajstić information content (AvgIpc) is 3.29. The van der Waals surface area contributed by atoms with E-state index >= 15 is 0 Å². The molecule has 3 heterocycles. The Morgan fingerprint density at radius 2 is 1.90 bits per heavy atom. The maximum Gasteiger partial charge on any atom is 0.126 e. The van der Waals surface area contributed by atoms with Gasteiger partial charge in [-0.2, -0.15) is 0 Å². The summed E-state index contributed by atoms with van der Waals surface area (Å²) in [5.41, 5.74) is 1.33. The molecular weight excluding hydrogens is 436 g/mol. The molecule has 1 fully saturated rings. The molecule has 1 aromatic carbocycles. The average molecular weight is 457 g/mol. The van der Waals surface area contributed by atoms with E-state index in [0.717, 1.165) is 10.4 Å². The molecule has 0 saturated carbocycles. The second-order valence-electron chi connectivity index (χ2n) is 6.97. The van der Waals surface area contributed by atoms with Crippen molar-refractivity contribution in [2.75, 3.05) is 13.7 Å². The molecule has 4 N–H and O–H groups in total. The molecule has 0 radical (unpaired) electrons. The summed E-state index contributed by atoms with van der Waals surface area (Å²) < 4.78 is 13.6. The van der Waals surface area contributed by atoms with E-state index in [-0.39, 0.29) is 0 Å². The Bertz CT molecular complexity index is 972. The molecule has 2 aromatic heterocycles. The predicted octanol–water partition coefficient (Wildman–Crippen LogP) is 2.73. The normalized spacial score (nSPS) is 27.4. The van der Waals surface area contributed by atoms with Crippen LogP contribution in [-0.2, 0) is 11.2 Å². The number of fused-ring (bicyclic) bond motifs is 1. The zero-order chi connectivity index (χ0) is 20.7. The van der Waals surface area contributed by atoms with Gasteiger partial charge in [0.15, 0.2) is 0 Å². The third-order valence-electron chi connectivity index (χ3n) is 5.15. The third kappa shape index (κ3) is 3.92. The summed E-state index contributed by atoms with van der Waals surface area (Å²) in [5, 5.41) is 42.8. The second-order valence-corrected chi connectivity index (χ2v) is 9.50. The Labute approximate surface area is 180 Å². The molecule has 1 saturated heterocycles. The maximum atomic E-state index is 10.5. The van der Waals surface area contributed by atoms with E-state index in [1.807, 2.05) is 0 Å². The lowest BCUT2D eigenvalue weighted by Crippen LogP contribution is -2.55. The SMILES string of the molecule is COc1cc(Cl)c(Cc2cc3sccc3s2)cc1[C@@H]1O[C@H](CO)[C@@H](O)[C@H](O)[C@H]1O. The first-order chi connectivity index (χ1) is 13.9. The number of halogens is 1. The predicted molar refractivity (Wildman–Crippen MR) is 113 cm³/mol.